The first kappa shape index (κ1) is 15.8. The van der Waals surface area contributed by atoms with Crippen molar-refractivity contribution >= 4 is 11.9 Å². The Hall–Kier alpha value is -2.08. The van der Waals surface area contributed by atoms with Gasteiger partial charge < -0.3 is 14.9 Å². The predicted molar refractivity (Wildman–Crippen MR) is 82.5 cm³/mol. The van der Waals surface area contributed by atoms with Crippen molar-refractivity contribution in [3.63, 3.8) is 0 Å². The molecule has 3 rings (SSSR count). The summed E-state index contributed by atoms with van der Waals surface area (Å²) in [5.41, 5.74) is -1.10. The summed E-state index contributed by atoms with van der Waals surface area (Å²) in [5, 5.41) is 18.8. The lowest BCUT2D eigenvalue weighted by molar-refractivity contribution is -0.151. The van der Waals surface area contributed by atoms with Gasteiger partial charge in [0.05, 0.1) is 10.8 Å². The third kappa shape index (κ3) is 2.37. The number of ether oxygens (including phenoxy) is 1. The van der Waals surface area contributed by atoms with Gasteiger partial charge in [0.1, 0.15) is 12.4 Å². The highest BCUT2D eigenvalue weighted by Crippen LogP contribution is 2.68. The number of fused-ring (bicyclic) bond motifs is 1. The second-order valence-electron chi connectivity index (χ2n) is 6.47. The molecule has 1 saturated heterocycles. The molecule has 1 saturated carbocycles. The Kier molecular flexibility index (Phi) is 3.80. The van der Waals surface area contributed by atoms with Gasteiger partial charge in [0, 0.05) is 19.6 Å². The van der Waals surface area contributed by atoms with Gasteiger partial charge in [0.2, 0.25) is 0 Å². The van der Waals surface area contributed by atoms with Crippen molar-refractivity contribution in [3.05, 3.63) is 29.8 Å². The minimum atomic E-state index is -1.11. The quantitative estimate of drug-likeness (QED) is 0.792. The fourth-order valence-electron chi connectivity index (χ4n) is 3.78. The monoisotopic (exact) mass is 319 g/mol. The normalized spacial score (nSPS) is 29.1. The first-order valence-electron chi connectivity index (χ1n) is 7.85. The lowest BCUT2D eigenvalue weighted by atomic mass is 9.97. The fraction of sp³-hybridized carbons (Fsp3) is 0.529. The Morgan fingerprint density at radius 2 is 1.78 bits per heavy atom. The highest BCUT2D eigenvalue weighted by molar-refractivity contribution is 5.94. The van der Waals surface area contributed by atoms with Gasteiger partial charge in [-0.1, -0.05) is 25.1 Å². The Balaban J connectivity index is 1.59. The van der Waals surface area contributed by atoms with Crippen molar-refractivity contribution in [2.24, 2.45) is 10.8 Å². The summed E-state index contributed by atoms with van der Waals surface area (Å²) in [6, 6.07) is 7.81. The van der Waals surface area contributed by atoms with Crippen LogP contribution < -0.4 is 4.74 Å². The van der Waals surface area contributed by atoms with Crippen LogP contribution in [-0.2, 0) is 16.0 Å². The predicted octanol–water partition coefficient (Wildman–Crippen LogP) is 1.49. The van der Waals surface area contributed by atoms with Crippen molar-refractivity contribution in [2.45, 2.75) is 19.8 Å². The van der Waals surface area contributed by atoms with E-state index in [1.165, 1.54) is 0 Å². The lowest BCUT2D eigenvalue weighted by Gasteiger charge is -2.20. The summed E-state index contributed by atoms with van der Waals surface area (Å²) in [7, 11) is 0. The number of nitrogens with zero attached hydrogens (tertiary/aromatic N) is 1. The molecule has 1 aliphatic carbocycles. The molecule has 0 aromatic heterocycles. The summed E-state index contributed by atoms with van der Waals surface area (Å²) in [6.07, 6.45) is 1.12. The third-order valence-electron chi connectivity index (χ3n) is 5.22. The number of rotatable bonds is 7. The molecule has 124 valence electrons. The summed E-state index contributed by atoms with van der Waals surface area (Å²) >= 11 is 0. The van der Waals surface area contributed by atoms with Crippen molar-refractivity contribution < 1.29 is 24.5 Å². The molecule has 1 aliphatic heterocycles. The number of hydrogen-bond donors (Lipinski definition) is 2. The number of carbonyl (C=O) groups is 2. The first-order valence-corrected chi connectivity index (χ1v) is 7.85. The molecule has 6 nitrogen and oxygen atoms in total. The van der Waals surface area contributed by atoms with Crippen LogP contribution in [0.5, 0.6) is 5.75 Å². The molecule has 2 fully saturated rings. The van der Waals surface area contributed by atoms with Gasteiger partial charge in [-0.3, -0.25) is 14.5 Å². The Bertz CT molecular complexity index is 618. The summed E-state index contributed by atoms with van der Waals surface area (Å²) in [5.74, 6) is -1.17. The molecule has 1 aromatic rings. The van der Waals surface area contributed by atoms with Gasteiger partial charge in [-0.05, 0) is 24.5 Å². The molecular weight excluding hydrogens is 298 g/mol. The molecule has 0 radical (unpaired) electrons. The van der Waals surface area contributed by atoms with E-state index in [1.807, 2.05) is 29.2 Å². The molecular formula is C17H21NO5. The zero-order valence-corrected chi connectivity index (χ0v) is 13.1. The molecule has 0 spiro atoms. The largest absolute Gasteiger partial charge is 0.492 e. The van der Waals surface area contributed by atoms with Crippen molar-refractivity contribution in [1.29, 1.82) is 0 Å². The number of aryl methyl sites for hydroxylation is 1. The van der Waals surface area contributed by atoms with Gasteiger partial charge in [-0.25, -0.2) is 0 Å². The van der Waals surface area contributed by atoms with Crippen LogP contribution in [0.25, 0.3) is 0 Å². The lowest BCUT2D eigenvalue weighted by Crippen LogP contribution is -2.32. The van der Waals surface area contributed by atoms with Crippen LogP contribution in [-0.4, -0.2) is 53.3 Å². The van der Waals surface area contributed by atoms with Gasteiger partial charge in [0.15, 0.2) is 0 Å². The van der Waals surface area contributed by atoms with E-state index >= 15 is 0 Å². The van der Waals surface area contributed by atoms with Crippen molar-refractivity contribution in [2.75, 3.05) is 26.2 Å². The topological polar surface area (TPSA) is 87.1 Å². The van der Waals surface area contributed by atoms with E-state index < -0.39 is 22.8 Å². The Morgan fingerprint density at radius 1 is 1.17 bits per heavy atom. The molecule has 1 heterocycles. The smallest absolute Gasteiger partial charge is 0.312 e. The fourth-order valence-corrected chi connectivity index (χ4v) is 3.78. The number of carboxylic acid groups (broad SMARTS) is 2. The van der Waals surface area contributed by atoms with Crippen LogP contribution in [0.3, 0.4) is 0 Å². The number of para-hydroxylation sites is 1. The second-order valence-corrected chi connectivity index (χ2v) is 6.47. The molecule has 0 bridgehead atoms. The zero-order valence-electron chi connectivity index (χ0n) is 13.1. The number of hydrogen-bond acceptors (Lipinski definition) is 4. The van der Waals surface area contributed by atoms with E-state index in [2.05, 4.69) is 6.92 Å². The first-order chi connectivity index (χ1) is 10.9. The maximum atomic E-state index is 11.5. The van der Waals surface area contributed by atoms with E-state index in [9.17, 15) is 19.8 Å². The van der Waals surface area contributed by atoms with Crippen LogP contribution >= 0.6 is 0 Å². The van der Waals surface area contributed by atoms with Gasteiger partial charge in [-0.15, -0.1) is 0 Å². The molecule has 0 unspecified atom stereocenters. The number of carboxylic acids is 2. The standard InChI is InChI=1S/C17H21NO5/c1-2-12-5-3-4-6-13(12)23-8-7-18-10-16(14(19)20)9-17(16,11-18)15(21)22/h3-6H,2,7-11H2,1H3,(H,19,20)(H,21,22)/t16-,17+. The van der Waals surface area contributed by atoms with Crippen LogP contribution in [0.15, 0.2) is 24.3 Å². The summed E-state index contributed by atoms with van der Waals surface area (Å²) in [6.45, 7) is 3.58. The van der Waals surface area contributed by atoms with E-state index in [-0.39, 0.29) is 19.5 Å². The van der Waals surface area contributed by atoms with Crippen LogP contribution in [0, 0.1) is 10.8 Å². The molecule has 6 heteroatoms. The highest BCUT2D eigenvalue weighted by Gasteiger charge is 2.80. The molecule has 2 aliphatic rings. The minimum absolute atomic E-state index is 0.237. The van der Waals surface area contributed by atoms with E-state index in [4.69, 9.17) is 4.74 Å². The minimum Gasteiger partial charge on any atom is -0.492 e. The number of likely N-dealkylation sites (tertiary alicyclic amines) is 1. The van der Waals surface area contributed by atoms with Crippen molar-refractivity contribution in [3.8, 4) is 5.75 Å². The number of piperidine rings is 1. The maximum Gasteiger partial charge on any atom is 0.312 e. The van der Waals surface area contributed by atoms with E-state index in [0.29, 0.717) is 13.2 Å². The van der Waals surface area contributed by atoms with Gasteiger partial charge >= 0.3 is 11.9 Å². The zero-order chi connectivity index (χ0) is 16.7. The van der Waals surface area contributed by atoms with Crippen molar-refractivity contribution in [1.82, 2.24) is 4.90 Å². The molecule has 2 N–H and O–H groups in total. The molecule has 23 heavy (non-hydrogen) atoms. The molecule has 0 amide bonds. The summed E-state index contributed by atoms with van der Waals surface area (Å²) in [4.78, 5) is 24.8. The SMILES string of the molecule is CCc1ccccc1OCCN1C[C@@]2(C(=O)O)C[C@@]2(C(=O)O)C1. The average Bonchev–Trinajstić information content (AvgIpc) is 3.07. The van der Waals surface area contributed by atoms with Crippen LogP contribution in [0.4, 0.5) is 0 Å². The van der Waals surface area contributed by atoms with Crippen LogP contribution in [0.1, 0.15) is 18.9 Å². The van der Waals surface area contributed by atoms with E-state index in [1.54, 1.807) is 0 Å². The van der Waals surface area contributed by atoms with Gasteiger partial charge in [0.25, 0.3) is 0 Å². The second kappa shape index (κ2) is 5.53. The van der Waals surface area contributed by atoms with E-state index in [0.717, 1.165) is 17.7 Å². The van der Waals surface area contributed by atoms with Crippen LogP contribution in [0.2, 0.25) is 0 Å². The van der Waals surface area contributed by atoms with Gasteiger partial charge in [-0.2, -0.15) is 0 Å². The maximum absolute atomic E-state index is 11.5. The number of aliphatic carboxylic acids is 2. The summed E-state index contributed by atoms with van der Waals surface area (Å²) < 4.78 is 5.79. The Labute approximate surface area is 134 Å². The number of benzene rings is 1. The molecule has 2 atom stereocenters. The Morgan fingerprint density at radius 3 is 2.35 bits per heavy atom. The molecule has 1 aromatic carbocycles. The highest BCUT2D eigenvalue weighted by atomic mass is 16.5. The third-order valence-corrected chi connectivity index (χ3v) is 5.22. The average molecular weight is 319 g/mol.